The molecule has 32 heavy (non-hydrogen) atoms. The summed E-state index contributed by atoms with van der Waals surface area (Å²) in [5.41, 5.74) is 1.13. The SMILES string of the molecule is CCOC(=O)C(=Cc1cc(I)c(OCc2ccc(Cl)cc2Cl)c(OCC)c1)C(=O)OCC. The average molecular weight is 593 g/mol. The van der Waals surface area contributed by atoms with Crippen molar-refractivity contribution in [3.05, 3.63) is 60.6 Å². The number of benzene rings is 2. The molecule has 9 heteroatoms. The maximum absolute atomic E-state index is 12.3. The average Bonchev–Trinajstić information content (AvgIpc) is 2.73. The molecule has 0 atom stereocenters. The van der Waals surface area contributed by atoms with Gasteiger partial charge in [0.25, 0.3) is 0 Å². The van der Waals surface area contributed by atoms with Gasteiger partial charge in [-0.1, -0.05) is 29.3 Å². The van der Waals surface area contributed by atoms with E-state index < -0.39 is 11.9 Å². The van der Waals surface area contributed by atoms with Crippen LogP contribution in [0.5, 0.6) is 11.5 Å². The summed E-state index contributed by atoms with van der Waals surface area (Å²) in [5, 5.41) is 1.04. The molecule has 0 aromatic heterocycles. The molecule has 0 aliphatic carbocycles. The molecule has 2 aromatic rings. The first kappa shape index (κ1) is 26.3. The lowest BCUT2D eigenvalue weighted by Gasteiger charge is -2.16. The van der Waals surface area contributed by atoms with E-state index in [-0.39, 0.29) is 25.4 Å². The number of carbonyl (C=O) groups excluding carboxylic acids is 2. The predicted molar refractivity (Wildman–Crippen MR) is 132 cm³/mol. The zero-order valence-electron chi connectivity index (χ0n) is 17.9. The van der Waals surface area contributed by atoms with Gasteiger partial charge in [-0.25, -0.2) is 9.59 Å². The molecule has 0 spiro atoms. The highest BCUT2D eigenvalue weighted by molar-refractivity contribution is 14.1. The van der Waals surface area contributed by atoms with Crippen LogP contribution < -0.4 is 9.47 Å². The Hall–Kier alpha value is -1.97. The summed E-state index contributed by atoms with van der Waals surface area (Å²) in [6.07, 6.45) is 1.42. The molecule has 2 rings (SSSR count). The fourth-order valence-electron chi connectivity index (χ4n) is 2.65. The van der Waals surface area contributed by atoms with Crippen LogP contribution in [0, 0.1) is 3.57 Å². The van der Waals surface area contributed by atoms with Gasteiger partial charge >= 0.3 is 11.9 Å². The molecule has 0 heterocycles. The lowest BCUT2D eigenvalue weighted by atomic mass is 10.1. The fourth-order valence-corrected chi connectivity index (χ4v) is 3.89. The van der Waals surface area contributed by atoms with Crippen LogP contribution in [0.4, 0.5) is 0 Å². The van der Waals surface area contributed by atoms with Crippen LogP contribution in [0.1, 0.15) is 31.9 Å². The third kappa shape index (κ3) is 7.28. The Morgan fingerprint density at radius 1 is 0.938 bits per heavy atom. The molecule has 6 nitrogen and oxygen atoms in total. The first-order chi connectivity index (χ1) is 15.3. The summed E-state index contributed by atoms with van der Waals surface area (Å²) < 4.78 is 22.5. The van der Waals surface area contributed by atoms with E-state index in [2.05, 4.69) is 22.6 Å². The molecule has 0 unspecified atom stereocenters. The van der Waals surface area contributed by atoms with Crippen LogP contribution in [-0.2, 0) is 25.7 Å². The van der Waals surface area contributed by atoms with E-state index in [0.717, 1.165) is 9.13 Å². The lowest BCUT2D eigenvalue weighted by Crippen LogP contribution is -2.18. The van der Waals surface area contributed by atoms with Gasteiger partial charge in [-0.05, 0) is 79.3 Å². The second kappa shape index (κ2) is 12.9. The Morgan fingerprint density at radius 2 is 1.59 bits per heavy atom. The quantitative estimate of drug-likeness (QED) is 0.109. The first-order valence-corrected chi connectivity index (χ1v) is 11.7. The molecule has 0 radical (unpaired) electrons. The number of rotatable bonds is 10. The first-order valence-electron chi connectivity index (χ1n) is 9.89. The summed E-state index contributed by atoms with van der Waals surface area (Å²) in [7, 11) is 0. The van der Waals surface area contributed by atoms with E-state index in [1.807, 2.05) is 6.92 Å². The van der Waals surface area contributed by atoms with Gasteiger partial charge in [-0.2, -0.15) is 0 Å². The summed E-state index contributed by atoms with van der Waals surface area (Å²) in [6, 6.07) is 8.63. The second-order valence-electron chi connectivity index (χ2n) is 6.29. The minimum atomic E-state index is -0.753. The van der Waals surface area contributed by atoms with Gasteiger partial charge in [0.1, 0.15) is 12.2 Å². The van der Waals surface area contributed by atoms with Gasteiger partial charge < -0.3 is 18.9 Å². The van der Waals surface area contributed by atoms with Crippen molar-refractivity contribution < 1.29 is 28.5 Å². The highest BCUT2D eigenvalue weighted by Gasteiger charge is 2.22. The topological polar surface area (TPSA) is 71.1 Å². The minimum absolute atomic E-state index is 0.136. The Morgan fingerprint density at radius 3 is 2.16 bits per heavy atom. The molecule has 2 aromatic carbocycles. The maximum atomic E-state index is 12.3. The van der Waals surface area contributed by atoms with Crippen LogP contribution in [0.2, 0.25) is 10.0 Å². The summed E-state index contributed by atoms with van der Waals surface area (Å²) in [6.45, 7) is 6.04. The van der Waals surface area contributed by atoms with Crippen molar-refractivity contribution in [2.24, 2.45) is 0 Å². The van der Waals surface area contributed by atoms with E-state index in [1.54, 1.807) is 44.2 Å². The van der Waals surface area contributed by atoms with Crippen LogP contribution in [0.3, 0.4) is 0 Å². The highest BCUT2D eigenvalue weighted by atomic mass is 127. The number of ether oxygens (including phenoxy) is 4. The van der Waals surface area contributed by atoms with Crippen molar-refractivity contribution in [2.45, 2.75) is 27.4 Å². The smallest absolute Gasteiger partial charge is 0.345 e. The number of esters is 2. The van der Waals surface area contributed by atoms with Crippen LogP contribution in [-0.4, -0.2) is 31.8 Å². The normalized spacial score (nSPS) is 10.3. The molecule has 0 bridgehead atoms. The standard InChI is InChI=1S/C23H23Cl2IO6/c1-4-29-20-11-14(9-17(22(27)30-5-2)23(28)31-6-3)10-19(26)21(20)32-13-15-7-8-16(24)12-18(15)25/h7-12H,4-6,13H2,1-3H3. The minimum Gasteiger partial charge on any atom is -0.490 e. The van der Waals surface area contributed by atoms with Gasteiger partial charge in [0.05, 0.1) is 23.4 Å². The highest BCUT2D eigenvalue weighted by Crippen LogP contribution is 2.36. The Kier molecular flexibility index (Phi) is 10.6. The number of halogens is 3. The molecule has 0 fully saturated rings. The van der Waals surface area contributed by atoms with Crippen molar-refractivity contribution in [1.29, 1.82) is 0 Å². The lowest BCUT2D eigenvalue weighted by molar-refractivity contribution is -0.146. The predicted octanol–water partition coefficient (Wildman–Crippen LogP) is 6.09. The fraction of sp³-hybridized carbons (Fsp3) is 0.304. The molecular formula is C23H23Cl2IO6. The third-order valence-electron chi connectivity index (χ3n) is 4.02. The molecule has 0 aliphatic heterocycles. The molecular weight excluding hydrogens is 570 g/mol. The summed E-state index contributed by atoms with van der Waals surface area (Å²) in [5.74, 6) is -0.527. The third-order valence-corrected chi connectivity index (χ3v) is 5.41. The van der Waals surface area contributed by atoms with Gasteiger partial charge in [0, 0.05) is 15.6 Å². The number of hydrogen-bond acceptors (Lipinski definition) is 6. The van der Waals surface area contributed by atoms with Crippen molar-refractivity contribution in [1.82, 2.24) is 0 Å². The van der Waals surface area contributed by atoms with Crippen molar-refractivity contribution in [2.75, 3.05) is 19.8 Å². The zero-order valence-corrected chi connectivity index (χ0v) is 21.5. The van der Waals surface area contributed by atoms with Crippen LogP contribution in [0.15, 0.2) is 35.9 Å². The largest absolute Gasteiger partial charge is 0.490 e. The monoisotopic (exact) mass is 592 g/mol. The summed E-state index contributed by atoms with van der Waals surface area (Å²) >= 11 is 14.3. The van der Waals surface area contributed by atoms with E-state index >= 15 is 0 Å². The molecule has 0 amide bonds. The van der Waals surface area contributed by atoms with Crippen molar-refractivity contribution in [3.63, 3.8) is 0 Å². The van der Waals surface area contributed by atoms with Crippen molar-refractivity contribution in [3.8, 4) is 11.5 Å². The van der Waals surface area contributed by atoms with Crippen LogP contribution in [0.25, 0.3) is 6.08 Å². The van der Waals surface area contributed by atoms with E-state index in [9.17, 15) is 9.59 Å². The number of carbonyl (C=O) groups is 2. The maximum Gasteiger partial charge on any atom is 0.345 e. The number of hydrogen-bond donors (Lipinski definition) is 0. The molecule has 0 N–H and O–H groups in total. The second-order valence-corrected chi connectivity index (χ2v) is 8.29. The Labute approximate surface area is 210 Å². The zero-order chi connectivity index (χ0) is 23.7. The Balaban J connectivity index is 2.40. The van der Waals surface area contributed by atoms with E-state index in [0.29, 0.717) is 33.7 Å². The molecule has 0 aliphatic rings. The van der Waals surface area contributed by atoms with Gasteiger partial charge in [-0.15, -0.1) is 0 Å². The molecule has 0 saturated carbocycles. The van der Waals surface area contributed by atoms with E-state index in [4.69, 9.17) is 42.1 Å². The van der Waals surface area contributed by atoms with Gasteiger partial charge in [-0.3, -0.25) is 0 Å². The van der Waals surface area contributed by atoms with E-state index in [1.165, 1.54) is 6.08 Å². The van der Waals surface area contributed by atoms with Crippen molar-refractivity contribution >= 4 is 63.8 Å². The van der Waals surface area contributed by atoms with Gasteiger partial charge in [0.2, 0.25) is 0 Å². The van der Waals surface area contributed by atoms with Gasteiger partial charge in [0.15, 0.2) is 11.5 Å². The Bertz CT molecular complexity index is 986. The van der Waals surface area contributed by atoms with Crippen LogP contribution >= 0.6 is 45.8 Å². The molecule has 172 valence electrons. The summed E-state index contributed by atoms with van der Waals surface area (Å²) in [4.78, 5) is 24.5. The molecule has 0 saturated heterocycles.